The number of amides is 2. The van der Waals surface area contributed by atoms with Crippen LogP contribution in [-0.4, -0.2) is 62.6 Å². The number of aliphatic hydroxyl groups excluding tert-OH is 1. The molecular formula is C19H22N8O4. The van der Waals surface area contributed by atoms with Gasteiger partial charge in [-0.3, -0.25) is 14.3 Å². The minimum absolute atomic E-state index is 0.0195. The van der Waals surface area contributed by atoms with Crippen molar-refractivity contribution in [3.63, 3.8) is 0 Å². The Morgan fingerprint density at radius 1 is 1.23 bits per heavy atom. The van der Waals surface area contributed by atoms with E-state index < -0.39 is 11.8 Å². The van der Waals surface area contributed by atoms with E-state index in [4.69, 9.17) is 9.84 Å². The van der Waals surface area contributed by atoms with Gasteiger partial charge in [0, 0.05) is 20.2 Å². The van der Waals surface area contributed by atoms with Gasteiger partial charge in [0.1, 0.15) is 6.33 Å². The predicted molar refractivity (Wildman–Crippen MR) is 112 cm³/mol. The van der Waals surface area contributed by atoms with E-state index in [2.05, 4.69) is 36.2 Å². The molecule has 1 aromatic carbocycles. The number of methoxy groups -OCH3 is 1. The highest BCUT2D eigenvalue weighted by Gasteiger charge is 2.19. The number of benzene rings is 1. The third kappa shape index (κ3) is 4.93. The molecule has 0 atom stereocenters. The van der Waals surface area contributed by atoms with Gasteiger partial charge < -0.3 is 25.8 Å². The van der Waals surface area contributed by atoms with Crippen LogP contribution in [0.15, 0.2) is 30.6 Å². The van der Waals surface area contributed by atoms with Gasteiger partial charge in [-0.2, -0.15) is 5.10 Å². The van der Waals surface area contributed by atoms with Gasteiger partial charge in [-0.05, 0) is 12.1 Å². The van der Waals surface area contributed by atoms with Crippen LogP contribution in [0, 0.1) is 0 Å². The van der Waals surface area contributed by atoms with E-state index in [1.165, 1.54) is 20.2 Å². The Morgan fingerprint density at radius 2 is 2.03 bits per heavy atom. The zero-order chi connectivity index (χ0) is 22.4. The van der Waals surface area contributed by atoms with E-state index >= 15 is 0 Å². The lowest BCUT2D eigenvalue weighted by atomic mass is 10.1. The van der Waals surface area contributed by atoms with Crippen molar-refractivity contribution in [3.8, 4) is 17.1 Å². The van der Waals surface area contributed by atoms with Gasteiger partial charge in [0.15, 0.2) is 23.1 Å². The lowest BCUT2D eigenvalue weighted by molar-refractivity contribution is -0.116. The number of hydrogen-bond donors (Lipinski definition) is 4. The summed E-state index contributed by atoms with van der Waals surface area (Å²) in [5.41, 5.74) is 1.48. The molecule has 3 aromatic rings. The number of aryl methyl sites for hydroxylation is 1. The smallest absolute Gasteiger partial charge is 0.273 e. The molecular weight excluding hydrogens is 404 g/mol. The summed E-state index contributed by atoms with van der Waals surface area (Å²) >= 11 is 0. The van der Waals surface area contributed by atoms with Crippen molar-refractivity contribution in [2.75, 3.05) is 31.4 Å². The zero-order valence-corrected chi connectivity index (χ0v) is 17.2. The Hall–Kier alpha value is -4.06. The molecule has 0 fully saturated rings. The molecule has 0 aliphatic carbocycles. The first-order valence-corrected chi connectivity index (χ1v) is 9.27. The molecule has 0 saturated carbocycles. The molecule has 12 nitrogen and oxygen atoms in total. The van der Waals surface area contributed by atoms with Crippen LogP contribution < -0.4 is 20.7 Å². The normalized spacial score (nSPS) is 10.5. The first-order valence-electron chi connectivity index (χ1n) is 9.27. The van der Waals surface area contributed by atoms with Crippen LogP contribution in [0.3, 0.4) is 0 Å². The molecule has 162 valence electrons. The summed E-state index contributed by atoms with van der Waals surface area (Å²) in [4.78, 5) is 28.3. The largest absolute Gasteiger partial charge is 0.494 e. The zero-order valence-electron chi connectivity index (χ0n) is 17.2. The third-order valence-electron chi connectivity index (χ3n) is 4.17. The van der Waals surface area contributed by atoms with Gasteiger partial charge in [0.05, 0.1) is 37.1 Å². The average Bonchev–Trinajstić information content (AvgIpc) is 3.19. The molecule has 0 aliphatic rings. The minimum atomic E-state index is -0.468. The first kappa shape index (κ1) is 21.6. The molecule has 4 N–H and O–H groups in total. The summed E-state index contributed by atoms with van der Waals surface area (Å²) in [6.07, 6.45) is 1.49. The summed E-state index contributed by atoms with van der Waals surface area (Å²) in [7, 11) is 4.74. The van der Waals surface area contributed by atoms with Gasteiger partial charge >= 0.3 is 0 Å². The van der Waals surface area contributed by atoms with Crippen molar-refractivity contribution in [3.05, 3.63) is 36.3 Å². The number of anilines is 3. The van der Waals surface area contributed by atoms with E-state index in [-0.39, 0.29) is 30.2 Å². The molecule has 0 bridgehead atoms. The molecule has 0 spiro atoms. The molecule has 3 rings (SSSR count). The van der Waals surface area contributed by atoms with Crippen molar-refractivity contribution >= 4 is 29.0 Å². The van der Waals surface area contributed by atoms with Crippen molar-refractivity contribution < 1.29 is 19.4 Å². The Morgan fingerprint density at radius 3 is 2.68 bits per heavy atom. The van der Waals surface area contributed by atoms with Crippen molar-refractivity contribution in [2.45, 2.75) is 6.42 Å². The lowest BCUT2D eigenvalue weighted by Crippen LogP contribution is -2.22. The number of aliphatic hydroxyl groups is 1. The average molecular weight is 426 g/mol. The van der Waals surface area contributed by atoms with Crippen LogP contribution >= 0.6 is 0 Å². The number of para-hydroxylation sites is 1. The van der Waals surface area contributed by atoms with Crippen molar-refractivity contribution in [1.29, 1.82) is 0 Å². The summed E-state index contributed by atoms with van der Waals surface area (Å²) in [5, 5.41) is 29.1. The van der Waals surface area contributed by atoms with Crippen LogP contribution in [0.5, 0.6) is 5.75 Å². The Bertz CT molecular complexity index is 1100. The van der Waals surface area contributed by atoms with E-state index in [1.54, 1.807) is 30.2 Å². The molecule has 0 aliphatic heterocycles. The highest BCUT2D eigenvalue weighted by molar-refractivity contribution is 5.99. The van der Waals surface area contributed by atoms with Gasteiger partial charge in [-0.1, -0.05) is 6.07 Å². The number of nitrogens with one attached hydrogen (secondary N) is 3. The van der Waals surface area contributed by atoms with Crippen molar-refractivity contribution in [2.24, 2.45) is 7.05 Å². The molecule has 2 amide bonds. The van der Waals surface area contributed by atoms with E-state index in [0.29, 0.717) is 22.8 Å². The molecule has 2 heterocycles. The molecule has 0 saturated heterocycles. The molecule has 31 heavy (non-hydrogen) atoms. The van der Waals surface area contributed by atoms with Gasteiger partial charge in [-0.25, -0.2) is 4.98 Å². The van der Waals surface area contributed by atoms with Gasteiger partial charge in [-0.15, -0.1) is 10.2 Å². The summed E-state index contributed by atoms with van der Waals surface area (Å²) < 4.78 is 7.16. The maximum atomic E-state index is 12.3. The predicted octanol–water partition coefficient (Wildman–Crippen LogP) is 0.705. The molecule has 0 radical (unpaired) electrons. The number of hydrogen-bond acceptors (Lipinski definition) is 9. The topological polar surface area (TPSA) is 156 Å². The van der Waals surface area contributed by atoms with E-state index in [1.807, 2.05) is 6.07 Å². The maximum Gasteiger partial charge on any atom is 0.273 e. The Labute approximate surface area is 177 Å². The lowest BCUT2D eigenvalue weighted by Gasteiger charge is -2.16. The molecule has 12 heteroatoms. The summed E-state index contributed by atoms with van der Waals surface area (Å²) in [5.74, 6) is 0.148. The number of aromatic nitrogens is 5. The fourth-order valence-corrected chi connectivity index (χ4v) is 2.78. The standard InChI is InChI=1S/C19H22N8O4/c1-20-19(30)16-13(9-14(24-25-16)23-15(29)7-8-28)22-12-6-4-5-11(17(12)31-3)18-21-10-27(2)26-18/h4-6,9-10,28H,7-8H2,1-3H3,(H,20,30)(H2,22,23,24,29). The fourth-order valence-electron chi connectivity index (χ4n) is 2.78. The van der Waals surface area contributed by atoms with Gasteiger partial charge in [0.25, 0.3) is 5.91 Å². The number of rotatable bonds is 8. The molecule has 0 unspecified atom stereocenters. The number of carbonyl (C=O) groups is 2. The number of ether oxygens (including phenoxy) is 1. The van der Waals surface area contributed by atoms with Crippen LogP contribution in [0.2, 0.25) is 0 Å². The second-order valence-corrected chi connectivity index (χ2v) is 6.35. The quantitative estimate of drug-likeness (QED) is 0.407. The summed E-state index contributed by atoms with van der Waals surface area (Å²) in [6.45, 7) is -0.299. The minimum Gasteiger partial charge on any atom is -0.494 e. The third-order valence-corrected chi connectivity index (χ3v) is 4.17. The van der Waals surface area contributed by atoms with Crippen molar-refractivity contribution in [1.82, 2.24) is 30.3 Å². The fraction of sp³-hybridized carbons (Fsp3) is 0.263. The second-order valence-electron chi connectivity index (χ2n) is 6.35. The van der Waals surface area contributed by atoms with Crippen LogP contribution in [0.4, 0.5) is 17.2 Å². The van der Waals surface area contributed by atoms with Crippen LogP contribution in [0.1, 0.15) is 16.9 Å². The van der Waals surface area contributed by atoms with Crippen LogP contribution in [0.25, 0.3) is 11.4 Å². The number of nitrogens with zero attached hydrogens (tertiary/aromatic N) is 5. The second kappa shape index (κ2) is 9.63. The highest BCUT2D eigenvalue weighted by Crippen LogP contribution is 2.37. The van der Waals surface area contributed by atoms with E-state index in [9.17, 15) is 9.59 Å². The Balaban J connectivity index is 2.02. The van der Waals surface area contributed by atoms with E-state index in [0.717, 1.165) is 0 Å². The highest BCUT2D eigenvalue weighted by atomic mass is 16.5. The Kier molecular flexibility index (Phi) is 6.72. The van der Waals surface area contributed by atoms with Gasteiger partial charge in [0.2, 0.25) is 5.91 Å². The number of carbonyl (C=O) groups excluding carboxylic acids is 2. The first-order chi connectivity index (χ1) is 15.0. The maximum absolute atomic E-state index is 12.3. The monoisotopic (exact) mass is 426 g/mol. The van der Waals surface area contributed by atoms with Crippen LogP contribution in [-0.2, 0) is 11.8 Å². The molecule has 2 aromatic heterocycles. The summed E-state index contributed by atoms with van der Waals surface area (Å²) in [6, 6.07) is 6.82. The SMILES string of the molecule is CNC(=O)c1nnc(NC(=O)CCO)cc1Nc1cccc(-c2ncn(C)n2)c1OC.